The first kappa shape index (κ1) is 13.0. The van der Waals surface area contributed by atoms with Gasteiger partial charge in [-0.3, -0.25) is 4.68 Å². The van der Waals surface area contributed by atoms with E-state index in [1.807, 2.05) is 0 Å². The number of rotatable bonds is 6. The first-order valence-corrected chi connectivity index (χ1v) is 5.64. The highest BCUT2D eigenvalue weighted by molar-refractivity contribution is 6.33. The molecule has 0 amide bonds. The molecule has 5 nitrogen and oxygen atoms in total. The van der Waals surface area contributed by atoms with Crippen LogP contribution < -0.4 is 0 Å². The fourth-order valence-corrected chi connectivity index (χ4v) is 1.67. The SMILES string of the molecule is CCN(CC)CCn1cc(Cl)c(C(=O)O)n1. The maximum absolute atomic E-state index is 10.7. The van der Waals surface area contributed by atoms with E-state index in [0.29, 0.717) is 6.54 Å². The molecule has 16 heavy (non-hydrogen) atoms. The highest BCUT2D eigenvalue weighted by Gasteiger charge is 2.13. The largest absolute Gasteiger partial charge is 0.476 e. The molecule has 0 unspecified atom stereocenters. The summed E-state index contributed by atoms with van der Waals surface area (Å²) >= 11 is 5.75. The van der Waals surface area contributed by atoms with E-state index in [9.17, 15) is 4.79 Å². The van der Waals surface area contributed by atoms with Gasteiger partial charge >= 0.3 is 5.97 Å². The summed E-state index contributed by atoms with van der Waals surface area (Å²) in [6, 6.07) is 0. The van der Waals surface area contributed by atoms with Gasteiger partial charge in [0, 0.05) is 12.7 Å². The number of halogens is 1. The number of likely N-dealkylation sites (N-methyl/N-ethyl adjacent to an activating group) is 1. The third-order valence-electron chi connectivity index (χ3n) is 2.46. The summed E-state index contributed by atoms with van der Waals surface area (Å²) in [7, 11) is 0. The molecule has 1 N–H and O–H groups in total. The van der Waals surface area contributed by atoms with Gasteiger partial charge in [0.2, 0.25) is 0 Å². The van der Waals surface area contributed by atoms with Crippen molar-refractivity contribution >= 4 is 17.6 Å². The van der Waals surface area contributed by atoms with Crippen molar-refractivity contribution in [2.24, 2.45) is 0 Å². The van der Waals surface area contributed by atoms with E-state index < -0.39 is 5.97 Å². The van der Waals surface area contributed by atoms with Gasteiger partial charge < -0.3 is 10.0 Å². The van der Waals surface area contributed by atoms with Crippen LogP contribution in [0.1, 0.15) is 24.3 Å². The van der Waals surface area contributed by atoms with Crippen LogP contribution >= 0.6 is 11.6 Å². The predicted molar refractivity (Wildman–Crippen MR) is 62.0 cm³/mol. The zero-order chi connectivity index (χ0) is 12.1. The van der Waals surface area contributed by atoms with E-state index in [1.165, 1.54) is 0 Å². The average Bonchev–Trinajstić information content (AvgIpc) is 2.61. The monoisotopic (exact) mass is 245 g/mol. The van der Waals surface area contributed by atoms with Crippen molar-refractivity contribution in [3.63, 3.8) is 0 Å². The maximum atomic E-state index is 10.7. The maximum Gasteiger partial charge on any atom is 0.357 e. The van der Waals surface area contributed by atoms with E-state index in [1.54, 1.807) is 10.9 Å². The fourth-order valence-electron chi connectivity index (χ4n) is 1.44. The second-order valence-electron chi connectivity index (χ2n) is 3.42. The lowest BCUT2D eigenvalue weighted by Crippen LogP contribution is -2.27. The van der Waals surface area contributed by atoms with Crippen LogP contribution in [0.5, 0.6) is 0 Å². The zero-order valence-corrected chi connectivity index (χ0v) is 10.2. The van der Waals surface area contributed by atoms with Crippen molar-refractivity contribution in [3.8, 4) is 0 Å². The third kappa shape index (κ3) is 3.21. The van der Waals surface area contributed by atoms with Gasteiger partial charge in [-0.15, -0.1) is 0 Å². The first-order chi connectivity index (χ1) is 7.58. The number of hydrogen-bond donors (Lipinski definition) is 1. The Kier molecular flexibility index (Phi) is 4.76. The Morgan fingerprint density at radius 1 is 1.56 bits per heavy atom. The van der Waals surface area contributed by atoms with Gasteiger partial charge in [-0.2, -0.15) is 5.10 Å². The lowest BCUT2D eigenvalue weighted by atomic mass is 10.4. The van der Waals surface area contributed by atoms with Crippen LogP contribution in [0.3, 0.4) is 0 Å². The van der Waals surface area contributed by atoms with Crippen molar-refractivity contribution < 1.29 is 9.90 Å². The Morgan fingerprint density at radius 2 is 2.19 bits per heavy atom. The van der Waals surface area contributed by atoms with Gasteiger partial charge in [-0.05, 0) is 13.1 Å². The van der Waals surface area contributed by atoms with Crippen molar-refractivity contribution in [1.29, 1.82) is 0 Å². The molecule has 1 heterocycles. The summed E-state index contributed by atoms with van der Waals surface area (Å²) in [4.78, 5) is 12.9. The molecular formula is C10H16ClN3O2. The van der Waals surface area contributed by atoms with Gasteiger partial charge in [-0.25, -0.2) is 4.79 Å². The molecule has 0 aliphatic rings. The lowest BCUT2D eigenvalue weighted by molar-refractivity contribution is 0.0689. The van der Waals surface area contributed by atoms with E-state index in [-0.39, 0.29) is 10.7 Å². The number of carbonyl (C=O) groups is 1. The summed E-state index contributed by atoms with van der Waals surface area (Å²) in [5, 5.41) is 12.9. The minimum atomic E-state index is -1.09. The number of carboxylic acid groups (broad SMARTS) is 1. The molecule has 1 aromatic heterocycles. The molecule has 1 aromatic rings. The lowest BCUT2D eigenvalue weighted by Gasteiger charge is -2.17. The topological polar surface area (TPSA) is 58.4 Å². The Bertz CT molecular complexity index is 361. The normalized spacial score (nSPS) is 11.0. The van der Waals surface area contributed by atoms with Crippen LogP contribution in [0.4, 0.5) is 0 Å². The summed E-state index contributed by atoms with van der Waals surface area (Å²) in [6.07, 6.45) is 1.55. The van der Waals surface area contributed by atoms with Crippen LogP contribution in [0.15, 0.2) is 6.20 Å². The summed E-state index contributed by atoms with van der Waals surface area (Å²) in [6.45, 7) is 7.60. The van der Waals surface area contributed by atoms with Crippen molar-refractivity contribution in [3.05, 3.63) is 16.9 Å². The molecule has 0 aromatic carbocycles. The standard InChI is InChI=1S/C10H16ClN3O2/c1-3-13(4-2)5-6-14-7-8(11)9(12-14)10(15)16/h7H,3-6H2,1-2H3,(H,15,16). The van der Waals surface area contributed by atoms with E-state index in [2.05, 4.69) is 23.8 Å². The first-order valence-electron chi connectivity index (χ1n) is 5.27. The highest BCUT2D eigenvalue weighted by Crippen LogP contribution is 2.13. The minimum Gasteiger partial charge on any atom is -0.476 e. The molecule has 0 radical (unpaired) electrons. The number of carboxylic acids is 1. The van der Waals surface area contributed by atoms with Gasteiger partial charge in [0.05, 0.1) is 11.6 Å². The Balaban J connectivity index is 2.61. The molecule has 0 saturated heterocycles. The third-order valence-corrected chi connectivity index (χ3v) is 2.74. The minimum absolute atomic E-state index is 0.0822. The van der Waals surface area contributed by atoms with E-state index >= 15 is 0 Å². The van der Waals surface area contributed by atoms with Crippen LogP contribution in [0.2, 0.25) is 5.02 Å². The van der Waals surface area contributed by atoms with Crippen LogP contribution in [0.25, 0.3) is 0 Å². The number of aromatic nitrogens is 2. The number of hydrogen-bond acceptors (Lipinski definition) is 3. The molecule has 0 atom stereocenters. The molecule has 0 fully saturated rings. The Morgan fingerprint density at radius 3 is 2.62 bits per heavy atom. The van der Waals surface area contributed by atoms with E-state index in [4.69, 9.17) is 16.7 Å². The molecule has 0 spiro atoms. The second-order valence-corrected chi connectivity index (χ2v) is 3.83. The van der Waals surface area contributed by atoms with Crippen LogP contribution in [0, 0.1) is 0 Å². The fraction of sp³-hybridized carbons (Fsp3) is 0.600. The highest BCUT2D eigenvalue weighted by atomic mass is 35.5. The van der Waals surface area contributed by atoms with Gasteiger partial charge in [-0.1, -0.05) is 25.4 Å². The van der Waals surface area contributed by atoms with Gasteiger partial charge in [0.25, 0.3) is 0 Å². The molecule has 1 rings (SSSR count). The van der Waals surface area contributed by atoms with Crippen molar-refractivity contribution in [2.45, 2.75) is 20.4 Å². The molecule has 0 bridgehead atoms. The Labute approximate surface area is 99.6 Å². The van der Waals surface area contributed by atoms with Crippen LogP contribution in [-0.4, -0.2) is 45.4 Å². The second kappa shape index (κ2) is 5.86. The summed E-state index contributed by atoms with van der Waals surface area (Å²) in [5.41, 5.74) is -0.0822. The molecule has 0 aliphatic heterocycles. The quantitative estimate of drug-likeness (QED) is 0.827. The summed E-state index contributed by atoms with van der Waals surface area (Å²) in [5.74, 6) is -1.09. The average molecular weight is 246 g/mol. The molecule has 0 aliphatic carbocycles. The van der Waals surface area contributed by atoms with Gasteiger partial charge in [0.1, 0.15) is 0 Å². The molecule has 90 valence electrons. The number of nitrogens with zero attached hydrogens (tertiary/aromatic N) is 3. The molecule has 6 heteroatoms. The van der Waals surface area contributed by atoms with Gasteiger partial charge in [0.15, 0.2) is 5.69 Å². The number of aromatic carboxylic acids is 1. The zero-order valence-electron chi connectivity index (χ0n) is 9.48. The van der Waals surface area contributed by atoms with E-state index in [0.717, 1.165) is 19.6 Å². The van der Waals surface area contributed by atoms with Crippen LogP contribution in [-0.2, 0) is 6.54 Å². The smallest absolute Gasteiger partial charge is 0.357 e. The van der Waals surface area contributed by atoms with Crippen molar-refractivity contribution in [2.75, 3.05) is 19.6 Å². The summed E-state index contributed by atoms with van der Waals surface area (Å²) < 4.78 is 1.57. The molecular weight excluding hydrogens is 230 g/mol. The predicted octanol–water partition coefficient (Wildman–Crippen LogP) is 1.58. The Hall–Kier alpha value is -1.07. The van der Waals surface area contributed by atoms with Crippen molar-refractivity contribution in [1.82, 2.24) is 14.7 Å². The molecule has 0 saturated carbocycles.